The molecule has 0 spiro atoms. The van der Waals surface area contributed by atoms with Crippen LogP contribution in [0.25, 0.3) is 0 Å². The number of rotatable bonds is 6. The smallest absolute Gasteiger partial charge is 0.124 e. The highest BCUT2D eigenvalue weighted by molar-refractivity contribution is 5.44. The molecule has 0 heterocycles. The molecule has 0 fully saturated rings. The van der Waals surface area contributed by atoms with Gasteiger partial charge in [0.25, 0.3) is 0 Å². The molecule has 96 valence electrons. The summed E-state index contributed by atoms with van der Waals surface area (Å²) in [5.41, 5.74) is 0.504. The first-order valence-corrected chi connectivity index (χ1v) is 5.97. The Morgan fingerprint density at radius 1 is 1.24 bits per heavy atom. The molecule has 0 saturated heterocycles. The highest BCUT2D eigenvalue weighted by Gasteiger charge is 2.17. The lowest BCUT2D eigenvalue weighted by Crippen LogP contribution is -2.31. The van der Waals surface area contributed by atoms with Gasteiger partial charge in [0.15, 0.2) is 0 Å². The molecule has 1 aromatic rings. The van der Waals surface area contributed by atoms with Crippen LogP contribution in [-0.2, 0) is 0 Å². The average Bonchev–Trinajstić information content (AvgIpc) is 2.28. The van der Waals surface area contributed by atoms with E-state index >= 15 is 0 Å². The highest BCUT2D eigenvalue weighted by Crippen LogP contribution is 2.32. The first-order valence-electron chi connectivity index (χ1n) is 5.97. The fourth-order valence-electron chi connectivity index (χ4n) is 1.98. The van der Waals surface area contributed by atoms with E-state index in [0.29, 0.717) is 12.0 Å². The topological polar surface area (TPSA) is 72.7 Å². The lowest BCUT2D eigenvalue weighted by atomic mass is 10.0. The highest BCUT2D eigenvalue weighted by atomic mass is 16.3. The predicted octanol–water partition coefficient (Wildman–Crippen LogP) is 1.91. The fourth-order valence-corrected chi connectivity index (χ4v) is 1.98. The van der Waals surface area contributed by atoms with Gasteiger partial charge in [-0.05, 0) is 31.9 Å². The maximum atomic E-state index is 9.73. The van der Waals surface area contributed by atoms with Crippen molar-refractivity contribution in [2.24, 2.45) is 0 Å². The summed E-state index contributed by atoms with van der Waals surface area (Å²) in [5.74, 6) is 0.174. The van der Waals surface area contributed by atoms with Crippen LogP contribution in [0, 0.1) is 0 Å². The van der Waals surface area contributed by atoms with Gasteiger partial charge in [-0.1, -0.05) is 13.0 Å². The molecule has 2 unspecified atom stereocenters. The molecule has 1 rings (SSSR count). The second-order valence-electron chi connectivity index (χ2n) is 4.22. The molecular formula is C13H21NO3. The molecule has 0 bridgehead atoms. The molecule has 2 atom stereocenters. The van der Waals surface area contributed by atoms with Crippen molar-refractivity contribution in [1.82, 2.24) is 5.32 Å². The van der Waals surface area contributed by atoms with E-state index in [9.17, 15) is 10.2 Å². The maximum absolute atomic E-state index is 9.73. The molecule has 4 N–H and O–H groups in total. The number of benzene rings is 1. The second kappa shape index (κ2) is 6.47. The van der Waals surface area contributed by atoms with Crippen molar-refractivity contribution in [3.63, 3.8) is 0 Å². The van der Waals surface area contributed by atoms with Gasteiger partial charge in [0.1, 0.15) is 11.5 Å². The monoisotopic (exact) mass is 239 g/mol. The summed E-state index contributed by atoms with van der Waals surface area (Å²) in [6.07, 6.45) is 1.55. The number of nitrogens with one attached hydrogen (secondary N) is 1. The van der Waals surface area contributed by atoms with Crippen molar-refractivity contribution in [3.8, 4) is 11.5 Å². The van der Waals surface area contributed by atoms with Crippen LogP contribution >= 0.6 is 0 Å². The summed E-state index contributed by atoms with van der Waals surface area (Å²) in [5, 5.41) is 31.7. The van der Waals surface area contributed by atoms with Crippen LogP contribution in [0.5, 0.6) is 11.5 Å². The van der Waals surface area contributed by atoms with E-state index in [-0.39, 0.29) is 30.2 Å². The van der Waals surface area contributed by atoms with Crippen molar-refractivity contribution in [1.29, 1.82) is 0 Å². The van der Waals surface area contributed by atoms with Crippen LogP contribution < -0.4 is 5.32 Å². The Balaban J connectivity index is 2.78. The predicted molar refractivity (Wildman–Crippen MR) is 67.1 cm³/mol. The molecule has 0 radical (unpaired) electrons. The molecule has 0 saturated carbocycles. The number of aliphatic hydroxyl groups excluding tert-OH is 1. The van der Waals surface area contributed by atoms with E-state index in [2.05, 4.69) is 5.32 Å². The normalized spacial score (nSPS) is 14.5. The summed E-state index contributed by atoms with van der Waals surface area (Å²) in [6, 6.07) is 4.73. The minimum atomic E-state index is -0.160. The molecule has 1 aromatic carbocycles. The van der Waals surface area contributed by atoms with E-state index in [4.69, 9.17) is 5.11 Å². The summed E-state index contributed by atoms with van der Waals surface area (Å²) in [7, 11) is 0. The van der Waals surface area contributed by atoms with Gasteiger partial charge in [-0.15, -0.1) is 0 Å². The first kappa shape index (κ1) is 13.8. The van der Waals surface area contributed by atoms with Crippen LogP contribution in [0.4, 0.5) is 0 Å². The van der Waals surface area contributed by atoms with Crippen molar-refractivity contribution >= 4 is 0 Å². The van der Waals surface area contributed by atoms with Crippen LogP contribution in [0.1, 0.15) is 38.3 Å². The van der Waals surface area contributed by atoms with Gasteiger partial charge in [0.05, 0.1) is 5.56 Å². The van der Waals surface area contributed by atoms with Gasteiger partial charge in [-0.3, -0.25) is 0 Å². The lowest BCUT2D eigenvalue weighted by molar-refractivity contribution is 0.256. The largest absolute Gasteiger partial charge is 0.507 e. The Labute approximate surface area is 102 Å². The van der Waals surface area contributed by atoms with Gasteiger partial charge in [-0.2, -0.15) is 0 Å². The number of hydrogen-bond acceptors (Lipinski definition) is 4. The van der Waals surface area contributed by atoms with Crippen molar-refractivity contribution in [3.05, 3.63) is 23.8 Å². The van der Waals surface area contributed by atoms with Gasteiger partial charge in [0, 0.05) is 18.7 Å². The number of hydrogen-bond donors (Lipinski definition) is 4. The Morgan fingerprint density at radius 2 is 1.82 bits per heavy atom. The molecule has 0 aromatic heterocycles. The fraction of sp³-hybridized carbons (Fsp3) is 0.538. The molecule has 0 aliphatic carbocycles. The van der Waals surface area contributed by atoms with Crippen molar-refractivity contribution < 1.29 is 15.3 Å². The zero-order valence-corrected chi connectivity index (χ0v) is 10.3. The minimum absolute atomic E-state index is 0.0869. The molecule has 0 amide bonds. The Bertz CT molecular complexity index is 334. The second-order valence-corrected chi connectivity index (χ2v) is 4.22. The molecule has 4 nitrogen and oxygen atoms in total. The van der Waals surface area contributed by atoms with Crippen LogP contribution in [-0.4, -0.2) is 28.0 Å². The van der Waals surface area contributed by atoms with Crippen LogP contribution in [0.3, 0.4) is 0 Å². The number of aliphatic hydroxyl groups is 1. The lowest BCUT2D eigenvalue weighted by Gasteiger charge is -2.23. The molecule has 4 heteroatoms. The third-order valence-corrected chi connectivity index (χ3v) is 2.95. The maximum Gasteiger partial charge on any atom is 0.124 e. The van der Waals surface area contributed by atoms with E-state index < -0.39 is 0 Å². The van der Waals surface area contributed by atoms with E-state index in [1.54, 1.807) is 18.2 Å². The number of phenols is 2. The molecule has 0 aliphatic heterocycles. The third-order valence-electron chi connectivity index (χ3n) is 2.95. The van der Waals surface area contributed by atoms with Gasteiger partial charge in [-0.25, -0.2) is 0 Å². The van der Waals surface area contributed by atoms with Crippen molar-refractivity contribution in [2.75, 3.05) is 6.61 Å². The third kappa shape index (κ3) is 3.61. The SMILES string of the molecule is CCC(CCO)NC(C)c1c(O)cccc1O. The van der Waals surface area contributed by atoms with E-state index in [0.717, 1.165) is 6.42 Å². The zero-order valence-electron chi connectivity index (χ0n) is 10.3. The Hall–Kier alpha value is -1.26. The first-order chi connectivity index (χ1) is 8.10. The number of aromatic hydroxyl groups is 2. The number of phenolic OH excluding ortho intramolecular Hbond substituents is 2. The van der Waals surface area contributed by atoms with E-state index in [1.165, 1.54) is 0 Å². The minimum Gasteiger partial charge on any atom is -0.507 e. The summed E-state index contributed by atoms with van der Waals surface area (Å²) >= 11 is 0. The van der Waals surface area contributed by atoms with Gasteiger partial charge in [0.2, 0.25) is 0 Å². The molecule has 17 heavy (non-hydrogen) atoms. The summed E-state index contributed by atoms with van der Waals surface area (Å²) in [4.78, 5) is 0. The zero-order chi connectivity index (χ0) is 12.8. The molecular weight excluding hydrogens is 218 g/mol. The molecule has 0 aliphatic rings. The van der Waals surface area contributed by atoms with Gasteiger partial charge >= 0.3 is 0 Å². The summed E-state index contributed by atoms with van der Waals surface area (Å²) in [6.45, 7) is 4.05. The Kier molecular flexibility index (Phi) is 5.25. The van der Waals surface area contributed by atoms with Crippen LogP contribution in [0.15, 0.2) is 18.2 Å². The quantitative estimate of drug-likeness (QED) is 0.612. The standard InChI is InChI=1S/C13H21NO3/c1-3-10(7-8-15)14-9(2)13-11(16)5-4-6-12(13)17/h4-6,9-10,14-17H,3,7-8H2,1-2H3. The Morgan fingerprint density at radius 3 is 2.29 bits per heavy atom. The average molecular weight is 239 g/mol. The van der Waals surface area contributed by atoms with Crippen LogP contribution in [0.2, 0.25) is 0 Å². The van der Waals surface area contributed by atoms with Crippen molar-refractivity contribution in [2.45, 2.75) is 38.8 Å². The van der Waals surface area contributed by atoms with E-state index in [1.807, 2.05) is 13.8 Å². The van der Waals surface area contributed by atoms with Gasteiger partial charge < -0.3 is 20.6 Å². The summed E-state index contributed by atoms with van der Waals surface area (Å²) < 4.78 is 0.